The summed E-state index contributed by atoms with van der Waals surface area (Å²) in [6, 6.07) is 7.37. The molecule has 2 aromatic carbocycles. The van der Waals surface area contributed by atoms with Crippen molar-refractivity contribution >= 4 is 34.8 Å². The summed E-state index contributed by atoms with van der Waals surface area (Å²) in [5.41, 5.74) is -3.41. The Morgan fingerprint density at radius 2 is 1.76 bits per heavy atom. The molecule has 1 amide bonds. The van der Waals surface area contributed by atoms with Crippen molar-refractivity contribution in [3.05, 3.63) is 74.5 Å². The quantitative estimate of drug-likeness (QED) is 0.334. The van der Waals surface area contributed by atoms with Crippen LogP contribution < -0.4 is 5.48 Å². The number of carbonyl (C=O) groups excluding carboxylic acids is 1. The number of hydrogen-bond donors (Lipinski definition) is 1. The van der Waals surface area contributed by atoms with Crippen molar-refractivity contribution in [2.75, 3.05) is 13.1 Å². The van der Waals surface area contributed by atoms with Crippen molar-refractivity contribution in [3.8, 4) is 6.07 Å². The van der Waals surface area contributed by atoms with E-state index >= 15 is 4.39 Å². The van der Waals surface area contributed by atoms with Crippen molar-refractivity contribution in [1.29, 1.82) is 5.26 Å². The molecule has 2 fully saturated rings. The van der Waals surface area contributed by atoms with E-state index in [0.29, 0.717) is 0 Å². The second-order valence-electron chi connectivity index (χ2n) is 9.76. The van der Waals surface area contributed by atoms with E-state index in [0.717, 1.165) is 43.9 Å². The predicted molar refractivity (Wildman–Crippen MR) is 129 cm³/mol. The van der Waals surface area contributed by atoms with E-state index in [1.54, 1.807) is 0 Å². The maximum Gasteiger partial charge on any atom is 0.428 e. The molecule has 1 saturated carbocycles. The Hall–Kier alpha value is -2.87. The molecular formula is C26H20Cl2F5N3O2. The fraction of sp³-hybridized carbons (Fsp3) is 0.385. The van der Waals surface area contributed by atoms with E-state index in [-0.39, 0.29) is 47.3 Å². The highest BCUT2D eigenvalue weighted by Crippen LogP contribution is 2.49. The lowest BCUT2D eigenvalue weighted by molar-refractivity contribution is -0.269. The zero-order valence-corrected chi connectivity index (χ0v) is 21.2. The van der Waals surface area contributed by atoms with Crippen LogP contribution in [0.5, 0.6) is 0 Å². The number of nitrogens with one attached hydrogen (secondary N) is 1. The summed E-state index contributed by atoms with van der Waals surface area (Å²) in [5, 5.41) is 8.46. The largest absolute Gasteiger partial charge is 0.428 e. The number of amides is 1. The Kier molecular flexibility index (Phi) is 6.61. The highest BCUT2D eigenvalue weighted by atomic mass is 35.5. The monoisotopic (exact) mass is 571 g/mol. The summed E-state index contributed by atoms with van der Waals surface area (Å²) in [4.78, 5) is 19.0. The van der Waals surface area contributed by atoms with Gasteiger partial charge in [0, 0.05) is 22.6 Å². The van der Waals surface area contributed by atoms with Gasteiger partial charge in [-0.3, -0.25) is 15.1 Å². The maximum absolute atomic E-state index is 15.7. The van der Waals surface area contributed by atoms with Crippen LogP contribution in [0.1, 0.15) is 47.9 Å². The van der Waals surface area contributed by atoms with E-state index in [9.17, 15) is 27.6 Å². The minimum atomic E-state index is -5.02. The number of benzene rings is 2. The number of nitrogens with zero attached hydrogens (tertiary/aromatic N) is 2. The van der Waals surface area contributed by atoms with E-state index in [1.165, 1.54) is 23.1 Å². The van der Waals surface area contributed by atoms with Gasteiger partial charge in [-0.15, -0.1) is 0 Å². The number of hydroxylamine groups is 1. The first-order valence-electron chi connectivity index (χ1n) is 11.8. The lowest BCUT2D eigenvalue weighted by Gasteiger charge is -2.46. The van der Waals surface area contributed by atoms with Crippen molar-refractivity contribution in [2.24, 2.45) is 5.92 Å². The normalized spacial score (nSPS) is 23.0. The molecule has 1 unspecified atom stereocenters. The molecule has 0 radical (unpaired) electrons. The first kappa shape index (κ1) is 26.7. The van der Waals surface area contributed by atoms with E-state index in [2.05, 4.69) is 5.48 Å². The molecule has 1 N–H and O–H groups in total. The number of likely N-dealkylation sites (tertiary alicyclic amines) is 1. The van der Waals surface area contributed by atoms with Gasteiger partial charge in [0.15, 0.2) is 11.5 Å². The van der Waals surface area contributed by atoms with Crippen LogP contribution in [-0.4, -0.2) is 30.1 Å². The third-order valence-electron chi connectivity index (χ3n) is 7.34. The van der Waals surface area contributed by atoms with Gasteiger partial charge in [-0.2, -0.15) is 18.4 Å². The van der Waals surface area contributed by atoms with Crippen LogP contribution in [0.3, 0.4) is 0 Å². The van der Waals surface area contributed by atoms with Crippen LogP contribution in [0.25, 0.3) is 5.70 Å². The topological polar surface area (TPSA) is 65.4 Å². The third kappa shape index (κ3) is 4.31. The van der Waals surface area contributed by atoms with E-state index in [4.69, 9.17) is 28.0 Å². The molecule has 38 heavy (non-hydrogen) atoms. The molecule has 1 aliphatic carbocycles. The fourth-order valence-electron chi connectivity index (χ4n) is 5.27. The fourth-order valence-corrected chi connectivity index (χ4v) is 5.75. The third-order valence-corrected chi connectivity index (χ3v) is 7.89. The van der Waals surface area contributed by atoms with Crippen LogP contribution in [-0.2, 0) is 20.9 Å². The number of carbonyl (C=O) groups is 1. The van der Waals surface area contributed by atoms with Gasteiger partial charge in [-0.1, -0.05) is 48.2 Å². The minimum absolute atomic E-state index is 0.0536. The Labute approximate surface area is 224 Å². The Morgan fingerprint density at radius 3 is 2.34 bits per heavy atom. The zero-order valence-electron chi connectivity index (χ0n) is 19.6. The molecule has 0 spiro atoms. The second kappa shape index (κ2) is 9.40. The second-order valence-corrected chi connectivity index (χ2v) is 10.6. The molecular weight excluding hydrogens is 552 g/mol. The lowest BCUT2D eigenvalue weighted by atomic mass is 9.83. The summed E-state index contributed by atoms with van der Waals surface area (Å²) in [6.07, 6.45) is -0.793. The number of halogens is 7. The molecule has 2 aromatic rings. The van der Waals surface area contributed by atoms with Crippen LogP contribution in [0.4, 0.5) is 22.0 Å². The maximum atomic E-state index is 15.7. The number of rotatable bonds is 4. The molecule has 1 saturated heterocycles. The Bertz CT molecular complexity index is 1350. The van der Waals surface area contributed by atoms with Gasteiger partial charge in [0.1, 0.15) is 0 Å². The zero-order chi connectivity index (χ0) is 27.5. The average Bonchev–Trinajstić information content (AvgIpc) is 3.55. The summed E-state index contributed by atoms with van der Waals surface area (Å²) in [6.45, 7) is -0.382. The van der Waals surface area contributed by atoms with Gasteiger partial charge >= 0.3 is 6.18 Å². The van der Waals surface area contributed by atoms with Crippen molar-refractivity contribution in [1.82, 2.24) is 10.4 Å². The molecule has 2 aliphatic heterocycles. The van der Waals surface area contributed by atoms with Gasteiger partial charge in [0.25, 0.3) is 0 Å². The molecule has 0 bridgehead atoms. The number of nitriles is 1. The van der Waals surface area contributed by atoms with Gasteiger partial charge in [0.2, 0.25) is 11.5 Å². The Balaban J connectivity index is 1.44. The van der Waals surface area contributed by atoms with Gasteiger partial charge in [0.05, 0.1) is 40.5 Å². The van der Waals surface area contributed by atoms with E-state index in [1.807, 2.05) is 6.07 Å². The summed E-state index contributed by atoms with van der Waals surface area (Å²) in [5.74, 6) is -1.26. The molecule has 2 heterocycles. The predicted octanol–water partition coefficient (Wildman–Crippen LogP) is 6.53. The standard InChI is InChI=1S/C26H20Cl2F5N3O2/c27-19-8-17(9-20(28)22(19)29)25(26(31,32)33)10-21(35-38-25)15-5-6-18(16(7-15)11-34)24(30)12-36(13-24)23(37)14-3-1-2-4-14/h5-10,14,35H,1-4,12-13H2. The molecule has 12 heteroatoms. The average molecular weight is 572 g/mol. The van der Waals surface area contributed by atoms with Crippen molar-refractivity contribution in [3.63, 3.8) is 0 Å². The lowest BCUT2D eigenvalue weighted by Crippen LogP contribution is -2.60. The first-order valence-corrected chi connectivity index (χ1v) is 12.6. The molecule has 200 valence electrons. The summed E-state index contributed by atoms with van der Waals surface area (Å²) in [7, 11) is 0. The van der Waals surface area contributed by atoms with Crippen LogP contribution in [0.15, 0.2) is 36.4 Å². The number of hydrogen-bond acceptors (Lipinski definition) is 4. The van der Waals surface area contributed by atoms with Crippen molar-refractivity contribution in [2.45, 2.75) is 43.1 Å². The van der Waals surface area contributed by atoms with Crippen LogP contribution >= 0.6 is 23.2 Å². The van der Waals surface area contributed by atoms with Gasteiger partial charge in [-0.05, 0) is 37.1 Å². The Morgan fingerprint density at radius 1 is 1.13 bits per heavy atom. The molecule has 5 nitrogen and oxygen atoms in total. The van der Waals surface area contributed by atoms with Crippen LogP contribution in [0.2, 0.25) is 10.0 Å². The SMILES string of the molecule is N#Cc1cc(C2=CC(c3cc(Cl)c(F)c(Cl)c3)(C(F)(F)F)ON2)ccc1C1(F)CN(C(=O)C2CCCC2)C1. The molecule has 1 atom stereocenters. The van der Waals surface area contributed by atoms with Gasteiger partial charge in [-0.25, -0.2) is 8.78 Å². The first-order chi connectivity index (χ1) is 17.9. The smallest absolute Gasteiger partial charge is 0.335 e. The molecule has 5 rings (SSSR count). The highest BCUT2D eigenvalue weighted by molar-refractivity contribution is 6.35. The molecule has 0 aromatic heterocycles. The minimum Gasteiger partial charge on any atom is -0.335 e. The van der Waals surface area contributed by atoms with E-state index < -0.39 is 38.9 Å². The van der Waals surface area contributed by atoms with Crippen LogP contribution in [0, 0.1) is 23.1 Å². The number of alkyl halides is 4. The summed E-state index contributed by atoms with van der Waals surface area (Å²) < 4.78 is 72.3. The molecule has 3 aliphatic rings. The summed E-state index contributed by atoms with van der Waals surface area (Å²) >= 11 is 11.5. The van der Waals surface area contributed by atoms with Gasteiger partial charge < -0.3 is 4.90 Å². The van der Waals surface area contributed by atoms with Crippen molar-refractivity contribution < 1.29 is 31.6 Å². The highest BCUT2D eigenvalue weighted by Gasteiger charge is 2.60.